The summed E-state index contributed by atoms with van der Waals surface area (Å²) in [5.74, 6) is 0. The maximum atomic E-state index is 10.6. The number of hydrogen-bond acceptors (Lipinski definition) is 5. The van der Waals surface area contributed by atoms with Crippen LogP contribution >= 0.6 is 22.9 Å². The van der Waals surface area contributed by atoms with Crippen molar-refractivity contribution in [3.63, 3.8) is 0 Å². The summed E-state index contributed by atoms with van der Waals surface area (Å²) in [4.78, 5) is 4.35. The minimum atomic E-state index is -0.865. The molecule has 7 heteroatoms. The third-order valence-electron chi connectivity index (χ3n) is 3.24. The topological polar surface area (TPSA) is 60.2 Å². The number of aromatic nitrogens is 3. The summed E-state index contributed by atoms with van der Waals surface area (Å²) in [7, 11) is 1.62. The van der Waals surface area contributed by atoms with Gasteiger partial charge >= 0.3 is 0 Å². The quantitative estimate of drug-likeness (QED) is 0.784. The molecule has 0 spiro atoms. The van der Waals surface area contributed by atoms with Gasteiger partial charge in [0.05, 0.1) is 40.3 Å². The highest BCUT2D eigenvalue weighted by molar-refractivity contribution is 7.17. The first-order chi connectivity index (χ1) is 10.2. The maximum Gasteiger partial charge on any atom is 0.124 e. The van der Waals surface area contributed by atoms with Crippen molar-refractivity contribution in [3.8, 4) is 0 Å². The molecule has 3 aromatic rings. The third kappa shape index (κ3) is 2.80. The Labute approximate surface area is 130 Å². The summed E-state index contributed by atoms with van der Waals surface area (Å²) in [5, 5.41) is 17.2. The lowest BCUT2D eigenvalue weighted by molar-refractivity contribution is 0.171. The largest absolute Gasteiger partial charge is 0.383 e. The van der Waals surface area contributed by atoms with Gasteiger partial charge in [-0.15, -0.1) is 11.3 Å². The van der Waals surface area contributed by atoms with E-state index in [1.54, 1.807) is 29.3 Å². The van der Waals surface area contributed by atoms with Crippen molar-refractivity contribution in [2.24, 2.45) is 0 Å². The molecule has 3 heterocycles. The molecule has 3 rings (SSSR count). The molecule has 1 atom stereocenters. The van der Waals surface area contributed by atoms with Crippen LogP contribution in [0.3, 0.4) is 0 Å². The van der Waals surface area contributed by atoms with Crippen LogP contribution < -0.4 is 0 Å². The van der Waals surface area contributed by atoms with E-state index in [1.165, 1.54) is 6.20 Å². The molecule has 0 amide bonds. The zero-order chi connectivity index (χ0) is 14.8. The molecule has 3 aromatic heterocycles. The van der Waals surface area contributed by atoms with Crippen LogP contribution in [0.1, 0.15) is 17.4 Å². The minimum absolute atomic E-state index is 0.435. The summed E-state index contributed by atoms with van der Waals surface area (Å²) in [6, 6.07) is 3.88. The number of nitrogens with zero attached hydrogens (tertiary/aromatic N) is 3. The number of hydrogen-bond donors (Lipinski definition) is 1. The Bertz CT molecular complexity index is 756. The van der Waals surface area contributed by atoms with Crippen LogP contribution in [0.4, 0.5) is 0 Å². The van der Waals surface area contributed by atoms with Gasteiger partial charge in [-0.25, -0.2) is 0 Å². The van der Waals surface area contributed by atoms with E-state index in [9.17, 15) is 5.11 Å². The van der Waals surface area contributed by atoms with Crippen molar-refractivity contribution in [2.75, 3.05) is 13.7 Å². The van der Waals surface area contributed by atoms with Gasteiger partial charge in [0.1, 0.15) is 6.10 Å². The summed E-state index contributed by atoms with van der Waals surface area (Å²) in [6.45, 7) is 1.03. The predicted molar refractivity (Wildman–Crippen MR) is 82.8 cm³/mol. The lowest BCUT2D eigenvalue weighted by Crippen LogP contribution is -2.13. The van der Waals surface area contributed by atoms with Crippen molar-refractivity contribution in [1.29, 1.82) is 0 Å². The second-order valence-electron chi connectivity index (χ2n) is 4.57. The normalized spacial score (nSPS) is 12.9. The van der Waals surface area contributed by atoms with Crippen molar-refractivity contribution in [3.05, 3.63) is 46.2 Å². The van der Waals surface area contributed by atoms with E-state index in [0.29, 0.717) is 29.4 Å². The van der Waals surface area contributed by atoms with Gasteiger partial charge in [0.25, 0.3) is 0 Å². The molecule has 0 aliphatic heterocycles. The number of ether oxygens (including phenoxy) is 1. The molecule has 1 N–H and O–H groups in total. The van der Waals surface area contributed by atoms with Crippen LogP contribution in [0.15, 0.2) is 29.9 Å². The number of aliphatic hydroxyl groups is 1. The second-order valence-corrected chi connectivity index (χ2v) is 5.92. The van der Waals surface area contributed by atoms with Gasteiger partial charge in [-0.1, -0.05) is 11.6 Å². The molecule has 0 saturated heterocycles. The molecular weight excluding hydrogens is 310 g/mol. The second kappa shape index (κ2) is 6.11. The number of rotatable bonds is 5. The van der Waals surface area contributed by atoms with E-state index >= 15 is 0 Å². The van der Waals surface area contributed by atoms with E-state index in [4.69, 9.17) is 16.3 Å². The number of fused-ring (bicyclic) bond motifs is 1. The highest BCUT2D eigenvalue weighted by atomic mass is 35.5. The van der Waals surface area contributed by atoms with E-state index in [2.05, 4.69) is 10.1 Å². The number of thiophene rings is 1. The summed E-state index contributed by atoms with van der Waals surface area (Å²) >= 11 is 7.75. The highest BCUT2D eigenvalue weighted by Gasteiger charge is 2.20. The van der Waals surface area contributed by atoms with Gasteiger partial charge in [0.15, 0.2) is 0 Å². The van der Waals surface area contributed by atoms with Crippen LogP contribution in [0.2, 0.25) is 5.02 Å². The van der Waals surface area contributed by atoms with Crippen molar-refractivity contribution in [2.45, 2.75) is 12.6 Å². The first-order valence-electron chi connectivity index (χ1n) is 6.42. The Hall–Kier alpha value is -1.47. The van der Waals surface area contributed by atoms with Crippen LogP contribution in [-0.2, 0) is 11.3 Å². The molecule has 0 aliphatic rings. The zero-order valence-electron chi connectivity index (χ0n) is 11.4. The van der Waals surface area contributed by atoms with Crippen molar-refractivity contribution >= 4 is 33.2 Å². The molecule has 110 valence electrons. The molecule has 0 radical (unpaired) electrons. The lowest BCUT2D eigenvalue weighted by Gasteiger charge is -2.14. The number of aliphatic hydroxyl groups excluding tert-OH is 1. The van der Waals surface area contributed by atoms with Crippen LogP contribution in [-0.4, -0.2) is 33.6 Å². The predicted octanol–water partition coefficient (Wildman–Crippen LogP) is 2.87. The molecule has 0 aliphatic carbocycles. The fourth-order valence-electron chi connectivity index (χ4n) is 2.17. The SMILES string of the molecule is COCCn1ncc(Cl)c1C(O)c1cnc2ccsc2c1. The first kappa shape index (κ1) is 14.5. The van der Waals surface area contributed by atoms with Gasteiger partial charge in [0, 0.05) is 18.9 Å². The fraction of sp³-hybridized carbons (Fsp3) is 0.286. The van der Waals surface area contributed by atoms with E-state index in [1.807, 2.05) is 17.5 Å². The van der Waals surface area contributed by atoms with Crippen LogP contribution in [0.25, 0.3) is 10.2 Å². The monoisotopic (exact) mass is 323 g/mol. The Morgan fingerprint density at radius 1 is 1.48 bits per heavy atom. The summed E-state index contributed by atoms with van der Waals surface area (Å²) < 4.78 is 7.74. The first-order valence-corrected chi connectivity index (χ1v) is 7.68. The van der Waals surface area contributed by atoms with Crippen LogP contribution in [0.5, 0.6) is 0 Å². The van der Waals surface area contributed by atoms with E-state index < -0.39 is 6.10 Å². The van der Waals surface area contributed by atoms with Gasteiger partial charge < -0.3 is 9.84 Å². The molecule has 0 aromatic carbocycles. The van der Waals surface area contributed by atoms with Gasteiger partial charge in [-0.2, -0.15) is 5.10 Å². The lowest BCUT2D eigenvalue weighted by atomic mass is 10.1. The standard InChI is InChI=1S/C14H14ClN3O2S/c1-20-4-3-18-13(10(15)8-17-18)14(19)9-6-12-11(16-7-9)2-5-21-12/h2,5-8,14,19H,3-4H2,1H3. The molecule has 5 nitrogen and oxygen atoms in total. The molecule has 21 heavy (non-hydrogen) atoms. The number of halogens is 1. The van der Waals surface area contributed by atoms with Crippen molar-refractivity contribution < 1.29 is 9.84 Å². The van der Waals surface area contributed by atoms with Crippen LogP contribution in [0, 0.1) is 0 Å². The number of methoxy groups -OCH3 is 1. The molecular formula is C14H14ClN3O2S. The summed E-state index contributed by atoms with van der Waals surface area (Å²) in [5.41, 5.74) is 2.19. The molecule has 0 saturated carbocycles. The Balaban J connectivity index is 1.96. The Kier molecular flexibility index (Phi) is 4.21. The number of pyridine rings is 1. The van der Waals surface area contributed by atoms with Gasteiger partial charge in [0.2, 0.25) is 0 Å². The zero-order valence-corrected chi connectivity index (χ0v) is 12.9. The van der Waals surface area contributed by atoms with Gasteiger partial charge in [-0.3, -0.25) is 9.67 Å². The highest BCUT2D eigenvalue weighted by Crippen LogP contribution is 2.30. The average molecular weight is 324 g/mol. The fourth-order valence-corrected chi connectivity index (χ4v) is 3.20. The maximum absolute atomic E-state index is 10.6. The smallest absolute Gasteiger partial charge is 0.124 e. The van der Waals surface area contributed by atoms with Gasteiger partial charge in [-0.05, 0) is 17.5 Å². The van der Waals surface area contributed by atoms with Crippen molar-refractivity contribution in [1.82, 2.24) is 14.8 Å². The minimum Gasteiger partial charge on any atom is -0.383 e. The van der Waals surface area contributed by atoms with E-state index in [0.717, 1.165) is 10.2 Å². The Morgan fingerprint density at radius 3 is 3.14 bits per heavy atom. The molecule has 0 bridgehead atoms. The molecule has 0 fully saturated rings. The molecule has 1 unspecified atom stereocenters. The van der Waals surface area contributed by atoms with E-state index in [-0.39, 0.29) is 0 Å². The third-order valence-corrected chi connectivity index (χ3v) is 4.38. The summed E-state index contributed by atoms with van der Waals surface area (Å²) in [6.07, 6.45) is 2.34. The average Bonchev–Trinajstić information content (AvgIpc) is 3.10. The Morgan fingerprint density at radius 2 is 2.33 bits per heavy atom.